The molecule has 0 N–H and O–H groups in total. The van der Waals surface area contributed by atoms with Crippen LogP contribution in [0.3, 0.4) is 0 Å². The predicted octanol–water partition coefficient (Wildman–Crippen LogP) is 14.9. The molecule has 290 valence electrons. The maximum atomic E-state index is 5.30. The van der Waals surface area contributed by atoms with E-state index in [0.717, 1.165) is 88.8 Å². The first-order valence-electron chi connectivity index (χ1n) is 20.9. The highest BCUT2D eigenvalue weighted by atomic mass is 14.9. The van der Waals surface area contributed by atoms with Crippen LogP contribution < -0.4 is 0 Å². The summed E-state index contributed by atoms with van der Waals surface area (Å²) >= 11 is 0. The number of fused-ring (bicyclic) bond motifs is 2. The standard InChI is InChI=1S/C58H38N4/c1-3-16-39(17-4-1)41-20-11-21-42(34-41)45-24-13-27-48(36-45)56-52-31-8-10-33-54(52)60-58(62-56)50-29-15-26-47(38-50)44-23-12-22-43(35-44)46-25-14-28-49(37-46)57-59-53-32-9-7-30-51(53)55(61-57)40-18-5-2-6-19-40/h1-38H. The molecule has 62 heavy (non-hydrogen) atoms. The van der Waals surface area contributed by atoms with Crippen LogP contribution in [-0.4, -0.2) is 19.9 Å². The number of aromatic nitrogens is 4. The van der Waals surface area contributed by atoms with Crippen LogP contribution in [0.4, 0.5) is 0 Å². The molecule has 0 radical (unpaired) electrons. The largest absolute Gasteiger partial charge is 0.228 e. The average molecular weight is 791 g/mol. The molecule has 11 aromatic rings. The fourth-order valence-electron chi connectivity index (χ4n) is 8.36. The van der Waals surface area contributed by atoms with E-state index < -0.39 is 0 Å². The molecule has 2 heterocycles. The number of para-hydroxylation sites is 2. The van der Waals surface area contributed by atoms with Gasteiger partial charge in [0.05, 0.1) is 22.4 Å². The zero-order chi connectivity index (χ0) is 41.2. The van der Waals surface area contributed by atoms with Gasteiger partial charge >= 0.3 is 0 Å². The van der Waals surface area contributed by atoms with Crippen molar-refractivity contribution < 1.29 is 0 Å². The fraction of sp³-hybridized carbons (Fsp3) is 0. The van der Waals surface area contributed by atoms with Gasteiger partial charge in [0.2, 0.25) is 0 Å². The third kappa shape index (κ3) is 7.20. The number of rotatable bonds is 8. The Kier molecular flexibility index (Phi) is 9.49. The van der Waals surface area contributed by atoms with Crippen molar-refractivity contribution in [2.75, 3.05) is 0 Å². The quantitative estimate of drug-likeness (QED) is 0.154. The molecule has 0 bridgehead atoms. The van der Waals surface area contributed by atoms with Crippen LogP contribution >= 0.6 is 0 Å². The van der Waals surface area contributed by atoms with Crippen molar-refractivity contribution in [2.45, 2.75) is 0 Å². The summed E-state index contributed by atoms with van der Waals surface area (Å²) in [5.74, 6) is 1.39. The van der Waals surface area contributed by atoms with Gasteiger partial charge in [0, 0.05) is 33.0 Å². The van der Waals surface area contributed by atoms with Gasteiger partial charge in [-0.1, -0.05) is 188 Å². The monoisotopic (exact) mass is 790 g/mol. The molecule has 0 saturated heterocycles. The van der Waals surface area contributed by atoms with E-state index in [4.69, 9.17) is 19.9 Å². The zero-order valence-electron chi connectivity index (χ0n) is 33.7. The Morgan fingerprint density at radius 3 is 0.935 bits per heavy atom. The molecule has 0 atom stereocenters. The number of benzene rings is 9. The summed E-state index contributed by atoms with van der Waals surface area (Å²) in [4.78, 5) is 20.6. The van der Waals surface area contributed by atoms with E-state index in [9.17, 15) is 0 Å². The highest BCUT2D eigenvalue weighted by molar-refractivity contribution is 5.95. The first kappa shape index (κ1) is 36.7. The van der Waals surface area contributed by atoms with E-state index in [0.29, 0.717) is 11.6 Å². The van der Waals surface area contributed by atoms with Crippen LogP contribution in [0.2, 0.25) is 0 Å². The lowest BCUT2D eigenvalue weighted by molar-refractivity contribution is 1.23. The van der Waals surface area contributed by atoms with Crippen LogP contribution in [0.5, 0.6) is 0 Å². The summed E-state index contributed by atoms with van der Waals surface area (Å²) in [6.45, 7) is 0. The summed E-state index contributed by atoms with van der Waals surface area (Å²) in [6.07, 6.45) is 0. The zero-order valence-corrected chi connectivity index (χ0v) is 33.7. The molecule has 0 saturated carbocycles. The summed E-state index contributed by atoms with van der Waals surface area (Å²) in [5.41, 5.74) is 16.8. The Bertz CT molecular complexity index is 3410. The van der Waals surface area contributed by atoms with Gasteiger partial charge in [0.1, 0.15) is 0 Å². The molecule has 11 rings (SSSR count). The highest BCUT2D eigenvalue weighted by Crippen LogP contribution is 2.36. The van der Waals surface area contributed by atoms with Gasteiger partial charge in [0.15, 0.2) is 11.6 Å². The van der Waals surface area contributed by atoms with Crippen molar-refractivity contribution in [3.05, 3.63) is 231 Å². The molecule has 0 unspecified atom stereocenters. The molecular formula is C58H38N4. The lowest BCUT2D eigenvalue weighted by Crippen LogP contribution is -1.96. The first-order valence-corrected chi connectivity index (χ1v) is 20.9. The SMILES string of the molecule is c1ccc(-c2cccc(-c3cccc(-c4nc(-c5cccc(-c6cccc(-c7cccc(-c8nc(-c9ccccc9)c9ccccc9n8)c7)c6)c5)nc5ccccc45)c3)c2)cc1. The maximum absolute atomic E-state index is 5.30. The molecule has 0 spiro atoms. The van der Waals surface area contributed by atoms with Crippen molar-refractivity contribution >= 4 is 21.8 Å². The third-order valence-corrected chi connectivity index (χ3v) is 11.5. The van der Waals surface area contributed by atoms with Gasteiger partial charge in [-0.3, -0.25) is 0 Å². The van der Waals surface area contributed by atoms with E-state index in [1.165, 1.54) is 11.1 Å². The lowest BCUT2D eigenvalue weighted by Gasteiger charge is -2.12. The second-order valence-corrected chi connectivity index (χ2v) is 15.5. The number of hydrogen-bond donors (Lipinski definition) is 0. The first-order chi connectivity index (χ1) is 30.7. The van der Waals surface area contributed by atoms with Crippen LogP contribution in [0, 0.1) is 0 Å². The molecular weight excluding hydrogens is 753 g/mol. The Hall–Kier alpha value is -8.34. The Morgan fingerprint density at radius 1 is 0.194 bits per heavy atom. The summed E-state index contributed by atoms with van der Waals surface area (Å²) in [5, 5.41) is 2.05. The molecule has 4 heteroatoms. The minimum absolute atomic E-state index is 0.686. The molecule has 2 aromatic heterocycles. The minimum Gasteiger partial charge on any atom is -0.228 e. The van der Waals surface area contributed by atoms with Crippen LogP contribution in [-0.2, 0) is 0 Å². The van der Waals surface area contributed by atoms with Gasteiger partial charge in [0.25, 0.3) is 0 Å². The maximum Gasteiger partial charge on any atom is 0.160 e. The summed E-state index contributed by atoms with van der Waals surface area (Å²) in [6, 6.07) is 80.5. The van der Waals surface area contributed by atoms with E-state index in [-0.39, 0.29) is 0 Å². The Morgan fingerprint density at radius 2 is 0.484 bits per heavy atom. The van der Waals surface area contributed by atoms with Crippen LogP contribution in [0.15, 0.2) is 231 Å². The van der Waals surface area contributed by atoms with Crippen molar-refractivity contribution in [1.82, 2.24) is 19.9 Å². The van der Waals surface area contributed by atoms with Crippen LogP contribution in [0.25, 0.3) is 112 Å². The molecule has 9 aromatic carbocycles. The minimum atomic E-state index is 0.686. The van der Waals surface area contributed by atoms with Crippen molar-refractivity contribution in [3.63, 3.8) is 0 Å². The summed E-state index contributed by atoms with van der Waals surface area (Å²) in [7, 11) is 0. The van der Waals surface area contributed by atoms with Crippen molar-refractivity contribution in [2.24, 2.45) is 0 Å². The van der Waals surface area contributed by atoms with E-state index >= 15 is 0 Å². The molecule has 0 aliphatic rings. The van der Waals surface area contributed by atoms with Gasteiger partial charge in [-0.05, 0) is 87.0 Å². The highest BCUT2D eigenvalue weighted by Gasteiger charge is 2.15. The van der Waals surface area contributed by atoms with Crippen molar-refractivity contribution in [3.8, 4) is 89.8 Å². The molecule has 0 amide bonds. The molecule has 0 aliphatic heterocycles. The van der Waals surface area contributed by atoms with E-state index in [2.05, 4.69) is 206 Å². The molecule has 0 fully saturated rings. The van der Waals surface area contributed by atoms with E-state index in [1.807, 2.05) is 24.3 Å². The lowest BCUT2D eigenvalue weighted by atomic mass is 9.96. The number of nitrogens with zero attached hydrogens (tertiary/aromatic N) is 4. The summed E-state index contributed by atoms with van der Waals surface area (Å²) < 4.78 is 0. The van der Waals surface area contributed by atoms with Crippen molar-refractivity contribution in [1.29, 1.82) is 0 Å². The topological polar surface area (TPSA) is 51.6 Å². The predicted molar refractivity (Wildman–Crippen MR) is 256 cm³/mol. The van der Waals surface area contributed by atoms with Gasteiger partial charge < -0.3 is 0 Å². The second-order valence-electron chi connectivity index (χ2n) is 15.5. The van der Waals surface area contributed by atoms with Gasteiger partial charge in [-0.2, -0.15) is 0 Å². The second kappa shape index (κ2) is 16.0. The Balaban J connectivity index is 0.933. The van der Waals surface area contributed by atoms with Gasteiger partial charge in [-0.25, -0.2) is 19.9 Å². The number of hydrogen-bond acceptors (Lipinski definition) is 4. The smallest absolute Gasteiger partial charge is 0.160 e. The third-order valence-electron chi connectivity index (χ3n) is 11.5. The van der Waals surface area contributed by atoms with Crippen LogP contribution in [0.1, 0.15) is 0 Å². The molecule has 4 nitrogen and oxygen atoms in total. The Labute approximate surface area is 360 Å². The average Bonchev–Trinajstić information content (AvgIpc) is 3.36. The molecule has 0 aliphatic carbocycles. The normalized spacial score (nSPS) is 11.2. The van der Waals surface area contributed by atoms with Gasteiger partial charge in [-0.15, -0.1) is 0 Å². The van der Waals surface area contributed by atoms with E-state index in [1.54, 1.807) is 0 Å². The fourth-order valence-corrected chi connectivity index (χ4v) is 8.36.